The van der Waals surface area contributed by atoms with E-state index < -0.39 is 0 Å². The van der Waals surface area contributed by atoms with Gasteiger partial charge in [0.1, 0.15) is 17.6 Å². The second-order valence-corrected chi connectivity index (χ2v) is 3.35. The summed E-state index contributed by atoms with van der Waals surface area (Å²) in [6.45, 7) is 0. The van der Waals surface area contributed by atoms with Crippen LogP contribution in [0, 0.1) is 22.7 Å². The van der Waals surface area contributed by atoms with Crippen molar-refractivity contribution in [2.24, 2.45) is 0 Å². The molecule has 0 unspecified atom stereocenters. The summed E-state index contributed by atoms with van der Waals surface area (Å²) >= 11 is 0. The Morgan fingerprint density at radius 2 is 1.65 bits per heavy atom. The first-order chi connectivity index (χ1) is 8.33. The fourth-order valence-corrected chi connectivity index (χ4v) is 1.39. The summed E-state index contributed by atoms with van der Waals surface area (Å²) < 4.78 is 5.57. The Morgan fingerprint density at radius 1 is 0.882 bits per heavy atom. The number of nitriles is 2. The van der Waals surface area contributed by atoms with Crippen molar-refractivity contribution in [1.82, 2.24) is 0 Å². The molecule has 0 N–H and O–H groups in total. The van der Waals surface area contributed by atoms with Crippen molar-refractivity contribution in [1.29, 1.82) is 10.5 Å². The maximum atomic E-state index is 8.98. The van der Waals surface area contributed by atoms with Crippen LogP contribution in [-0.2, 0) is 0 Å². The van der Waals surface area contributed by atoms with E-state index in [4.69, 9.17) is 15.3 Å². The predicted molar refractivity (Wildman–Crippen MR) is 62.4 cm³/mol. The molecule has 0 fully saturated rings. The van der Waals surface area contributed by atoms with Gasteiger partial charge in [-0.2, -0.15) is 10.5 Å². The van der Waals surface area contributed by atoms with Crippen molar-refractivity contribution in [2.45, 2.75) is 0 Å². The Hall–Kier alpha value is -2.78. The zero-order chi connectivity index (χ0) is 12.1. The summed E-state index contributed by atoms with van der Waals surface area (Å²) in [6.07, 6.45) is 0. The molecule has 0 spiro atoms. The van der Waals surface area contributed by atoms with E-state index >= 15 is 0 Å². The molecule has 0 heterocycles. The first kappa shape index (κ1) is 10.7. The molecule has 3 heteroatoms. The third-order valence-electron chi connectivity index (χ3n) is 2.20. The summed E-state index contributed by atoms with van der Waals surface area (Å²) in [5, 5.41) is 17.7. The number of ether oxygens (including phenoxy) is 1. The molecule has 0 atom stereocenters. The second-order valence-electron chi connectivity index (χ2n) is 3.35. The summed E-state index contributed by atoms with van der Waals surface area (Å²) in [7, 11) is 0. The van der Waals surface area contributed by atoms with Crippen LogP contribution in [0.2, 0.25) is 0 Å². The van der Waals surface area contributed by atoms with Gasteiger partial charge in [0.05, 0.1) is 17.2 Å². The highest BCUT2D eigenvalue weighted by Crippen LogP contribution is 2.25. The van der Waals surface area contributed by atoms with E-state index in [1.165, 1.54) is 6.07 Å². The zero-order valence-electron chi connectivity index (χ0n) is 8.92. The fourth-order valence-electron chi connectivity index (χ4n) is 1.39. The van der Waals surface area contributed by atoms with Gasteiger partial charge in [0, 0.05) is 0 Å². The topological polar surface area (TPSA) is 56.8 Å². The van der Waals surface area contributed by atoms with Crippen molar-refractivity contribution in [3.05, 3.63) is 59.7 Å². The largest absolute Gasteiger partial charge is 0.456 e. The molecule has 3 nitrogen and oxygen atoms in total. The number of nitrogens with zero attached hydrogens (tertiary/aromatic N) is 2. The van der Waals surface area contributed by atoms with E-state index in [-0.39, 0.29) is 0 Å². The predicted octanol–water partition coefficient (Wildman–Crippen LogP) is 3.22. The lowest BCUT2D eigenvalue weighted by Gasteiger charge is -2.06. The molecule has 0 bridgehead atoms. The quantitative estimate of drug-likeness (QED) is 0.780. The maximum Gasteiger partial charge on any atom is 0.145 e. The molecule has 0 aliphatic heterocycles. The van der Waals surface area contributed by atoms with Crippen LogP contribution in [0.3, 0.4) is 0 Å². The molecule has 80 valence electrons. The van der Waals surface area contributed by atoms with Gasteiger partial charge in [-0.15, -0.1) is 0 Å². The van der Waals surface area contributed by atoms with Crippen LogP contribution in [0.15, 0.2) is 48.5 Å². The van der Waals surface area contributed by atoms with Gasteiger partial charge < -0.3 is 4.74 Å². The Labute approximate surface area is 99.1 Å². The van der Waals surface area contributed by atoms with Gasteiger partial charge in [-0.05, 0) is 30.3 Å². The van der Waals surface area contributed by atoms with Gasteiger partial charge in [-0.3, -0.25) is 0 Å². The van der Waals surface area contributed by atoms with Crippen LogP contribution in [0.25, 0.3) is 0 Å². The molecule has 0 aromatic heterocycles. The monoisotopic (exact) mass is 220 g/mol. The van der Waals surface area contributed by atoms with E-state index in [2.05, 4.69) is 0 Å². The summed E-state index contributed by atoms with van der Waals surface area (Å²) in [5.74, 6) is 1.12. The molecule has 0 saturated carbocycles. The maximum absolute atomic E-state index is 8.98. The highest BCUT2D eigenvalue weighted by atomic mass is 16.5. The Bertz CT molecular complexity index is 606. The molecule has 2 aromatic carbocycles. The highest BCUT2D eigenvalue weighted by molar-refractivity contribution is 5.50. The van der Waals surface area contributed by atoms with Crippen LogP contribution in [0.4, 0.5) is 0 Å². The van der Waals surface area contributed by atoms with Crippen LogP contribution in [0.1, 0.15) is 11.1 Å². The van der Waals surface area contributed by atoms with Gasteiger partial charge in [0.25, 0.3) is 0 Å². The van der Waals surface area contributed by atoms with Gasteiger partial charge in [0.15, 0.2) is 0 Å². The first-order valence-corrected chi connectivity index (χ1v) is 5.00. The third-order valence-corrected chi connectivity index (χ3v) is 2.20. The lowest BCUT2D eigenvalue weighted by atomic mass is 10.1. The van der Waals surface area contributed by atoms with Gasteiger partial charge in [-0.1, -0.05) is 18.2 Å². The van der Waals surface area contributed by atoms with Crippen molar-refractivity contribution < 1.29 is 4.74 Å². The molecule has 0 aliphatic carbocycles. The molecule has 0 amide bonds. The normalized spacial score (nSPS) is 9.06. The number of benzene rings is 2. The van der Waals surface area contributed by atoms with Crippen LogP contribution in [-0.4, -0.2) is 0 Å². The van der Waals surface area contributed by atoms with E-state index in [0.717, 1.165) is 0 Å². The molecule has 2 rings (SSSR count). The van der Waals surface area contributed by atoms with Crippen molar-refractivity contribution >= 4 is 0 Å². The highest BCUT2D eigenvalue weighted by Gasteiger charge is 2.05. The molecule has 0 radical (unpaired) electrons. The first-order valence-electron chi connectivity index (χ1n) is 5.00. The Morgan fingerprint density at radius 3 is 2.29 bits per heavy atom. The van der Waals surface area contributed by atoms with E-state index in [1.54, 1.807) is 24.3 Å². The lowest BCUT2D eigenvalue weighted by molar-refractivity contribution is 0.481. The summed E-state index contributed by atoms with van der Waals surface area (Å²) in [4.78, 5) is 0. The van der Waals surface area contributed by atoms with Crippen molar-refractivity contribution in [3.8, 4) is 23.6 Å². The second kappa shape index (κ2) is 4.83. The molecule has 0 saturated heterocycles. The fraction of sp³-hybridized carbons (Fsp3) is 0. The Balaban J connectivity index is 2.35. The summed E-state index contributed by atoms with van der Waals surface area (Å²) in [5.41, 5.74) is 0.801. The van der Waals surface area contributed by atoms with E-state index in [0.29, 0.717) is 22.6 Å². The minimum absolute atomic E-state index is 0.355. The zero-order valence-corrected chi connectivity index (χ0v) is 8.92. The van der Waals surface area contributed by atoms with Crippen LogP contribution >= 0.6 is 0 Å². The molecule has 0 aliphatic rings. The van der Waals surface area contributed by atoms with Gasteiger partial charge >= 0.3 is 0 Å². The Kier molecular flexibility index (Phi) is 3.05. The van der Waals surface area contributed by atoms with Crippen molar-refractivity contribution in [2.75, 3.05) is 0 Å². The minimum Gasteiger partial charge on any atom is -0.456 e. The third kappa shape index (κ3) is 2.42. The SMILES string of the molecule is N#Cc1ccc(Oc2ccccc2)c(C#N)c1. The number of rotatable bonds is 2. The van der Waals surface area contributed by atoms with E-state index in [1.807, 2.05) is 30.3 Å². The number of para-hydroxylation sites is 1. The lowest BCUT2D eigenvalue weighted by Crippen LogP contribution is -1.89. The minimum atomic E-state index is 0.355. The number of hydrogen-bond acceptors (Lipinski definition) is 3. The smallest absolute Gasteiger partial charge is 0.145 e. The van der Waals surface area contributed by atoms with Crippen LogP contribution < -0.4 is 4.74 Å². The average Bonchev–Trinajstić information content (AvgIpc) is 2.40. The number of hydrogen-bond donors (Lipinski definition) is 0. The van der Waals surface area contributed by atoms with E-state index in [9.17, 15) is 0 Å². The molecular weight excluding hydrogens is 212 g/mol. The summed E-state index contributed by atoms with van der Waals surface area (Å²) in [6, 6.07) is 18.0. The molecule has 17 heavy (non-hydrogen) atoms. The van der Waals surface area contributed by atoms with Crippen molar-refractivity contribution in [3.63, 3.8) is 0 Å². The average molecular weight is 220 g/mol. The van der Waals surface area contributed by atoms with Gasteiger partial charge in [0.2, 0.25) is 0 Å². The van der Waals surface area contributed by atoms with Crippen LogP contribution in [0.5, 0.6) is 11.5 Å². The molecule has 2 aromatic rings. The molecular formula is C14H8N2O. The standard InChI is InChI=1S/C14H8N2O/c15-9-11-6-7-14(12(8-11)10-16)17-13-4-2-1-3-5-13/h1-8H. The van der Waals surface area contributed by atoms with Gasteiger partial charge in [-0.25, -0.2) is 0 Å².